The number of amides is 3. The number of halogens is 2. The number of nitrogens with one attached hydrogen (secondary N) is 1. The van der Waals surface area contributed by atoms with Gasteiger partial charge in [0.1, 0.15) is 11.8 Å². The van der Waals surface area contributed by atoms with Crippen LogP contribution in [0.25, 0.3) is 0 Å². The topological polar surface area (TPSA) is 75.7 Å². The summed E-state index contributed by atoms with van der Waals surface area (Å²) >= 11 is 7.35. The van der Waals surface area contributed by atoms with Crippen LogP contribution < -0.4 is 10.1 Å². The van der Waals surface area contributed by atoms with E-state index in [1.807, 2.05) is 6.92 Å². The second-order valence-electron chi connectivity index (χ2n) is 7.67. The molecule has 4 rings (SSSR count). The molecule has 0 spiro atoms. The van der Waals surface area contributed by atoms with Crippen LogP contribution in [0, 0.1) is 23.7 Å². The molecule has 2 saturated carbocycles. The predicted molar refractivity (Wildman–Crippen MR) is 112 cm³/mol. The third-order valence-electron chi connectivity index (χ3n) is 6.22. The number of imide groups is 1. The first-order chi connectivity index (χ1) is 13.3. The van der Waals surface area contributed by atoms with E-state index in [0.717, 1.165) is 12.2 Å². The van der Waals surface area contributed by atoms with Crippen molar-refractivity contribution < 1.29 is 19.1 Å². The van der Waals surface area contributed by atoms with Gasteiger partial charge >= 0.3 is 0 Å². The van der Waals surface area contributed by atoms with E-state index in [2.05, 4.69) is 37.2 Å². The van der Waals surface area contributed by atoms with Crippen molar-refractivity contribution in [3.63, 3.8) is 0 Å². The molecule has 1 aromatic carbocycles. The molecule has 1 saturated heterocycles. The maximum absolute atomic E-state index is 13.0. The summed E-state index contributed by atoms with van der Waals surface area (Å²) in [5, 5.41) is 2.79. The van der Waals surface area contributed by atoms with Crippen molar-refractivity contribution in [2.75, 3.05) is 11.9 Å². The number of alkyl halides is 2. The maximum Gasteiger partial charge on any atom is 0.247 e. The SMILES string of the molecule is CCOc1ccc(NC(=O)[C@H](C)N2C(=O)[C@@H]3[C@H]4C[C@@H]([C@H](Br)[C@H]4Br)[C@H]3C2=O)cc1. The number of carbonyl (C=O) groups excluding carboxylic acids is 3. The van der Waals surface area contributed by atoms with Gasteiger partial charge in [0.2, 0.25) is 17.7 Å². The monoisotopic (exact) mass is 512 g/mol. The Morgan fingerprint density at radius 3 is 2.18 bits per heavy atom. The van der Waals surface area contributed by atoms with Crippen molar-refractivity contribution in [1.29, 1.82) is 0 Å². The summed E-state index contributed by atoms with van der Waals surface area (Å²) < 4.78 is 5.39. The second kappa shape index (κ2) is 7.44. The number of likely N-dealkylation sites (tertiary alicyclic amines) is 1. The van der Waals surface area contributed by atoms with Crippen LogP contribution in [0.1, 0.15) is 20.3 Å². The molecule has 8 heteroatoms. The lowest BCUT2D eigenvalue weighted by molar-refractivity contribution is -0.146. The molecule has 1 heterocycles. The number of anilines is 1. The first-order valence-corrected chi connectivity index (χ1v) is 11.4. The fourth-order valence-electron chi connectivity index (χ4n) is 4.92. The Morgan fingerprint density at radius 2 is 1.68 bits per heavy atom. The minimum absolute atomic E-state index is 0.141. The number of carbonyl (C=O) groups is 3. The highest BCUT2D eigenvalue weighted by atomic mass is 79.9. The van der Waals surface area contributed by atoms with Crippen molar-refractivity contribution in [2.24, 2.45) is 23.7 Å². The van der Waals surface area contributed by atoms with Gasteiger partial charge in [-0.3, -0.25) is 19.3 Å². The van der Waals surface area contributed by atoms with Crippen molar-refractivity contribution >= 4 is 55.3 Å². The Labute approximate surface area is 180 Å². The van der Waals surface area contributed by atoms with E-state index in [9.17, 15) is 14.4 Å². The first-order valence-electron chi connectivity index (χ1n) is 9.54. The fraction of sp³-hybridized carbons (Fsp3) is 0.550. The van der Waals surface area contributed by atoms with E-state index in [1.165, 1.54) is 4.90 Å². The number of ether oxygens (including phenoxy) is 1. The van der Waals surface area contributed by atoms with Crippen LogP contribution in [0.2, 0.25) is 0 Å². The lowest BCUT2D eigenvalue weighted by Gasteiger charge is -2.28. The summed E-state index contributed by atoms with van der Waals surface area (Å²) in [6.07, 6.45) is 0.874. The summed E-state index contributed by atoms with van der Waals surface area (Å²) in [7, 11) is 0. The third-order valence-corrected chi connectivity index (χ3v) is 9.43. The molecule has 7 atom stereocenters. The zero-order valence-electron chi connectivity index (χ0n) is 15.6. The van der Waals surface area contributed by atoms with Gasteiger partial charge in [0.15, 0.2) is 0 Å². The minimum atomic E-state index is -0.848. The van der Waals surface area contributed by atoms with Gasteiger partial charge in [-0.2, -0.15) is 0 Å². The lowest BCUT2D eigenvalue weighted by Crippen LogP contribution is -2.46. The molecule has 2 aliphatic carbocycles. The van der Waals surface area contributed by atoms with Gasteiger partial charge in [-0.1, -0.05) is 31.9 Å². The molecule has 1 aromatic rings. The van der Waals surface area contributed by atoms with Crippen LogP contribution in [0.4, 0.5) is 5.69 Å². The molecule has 3 aliphatic rings. The van der Waals surface area contributed by atoms with Crippen molar-refractivity contribution in [3.8, 4) is 5.75 Å². The summed E-state index contributed by atoms with van der Waals surface area (Å²) in [6, 6.07) is 6.17. The molecular formula is C20H22Br2N2O4. The summed E-state index contributed by atoms with van der Waals surface area (Å²) in [6.45, 7) is 4.08. The van der Waals surface area contributed by atoms with E-state index < -0.39 is 6.04 Å². The average Bonchev–Trinajstić information content (AvgIpc) is 3.28. The zero-order valence-corrected chi connectivity index (χ0v) is 18.8. The van der Waals surface area contributed by atoms with Crippen molar-refractivity contribution in [1.82, 2.24) is 4.90 Å². The highest BCUT2D eigenvalue weighted by Gasteiger charge is 2.67. The molecule has 0 radical (unpaired) electrons. The molecule has 1 aliphatic heterocycles. The zero-order chi connectivity index (χ0) is 20.2. The van der Waals surface area contributed by atoms with Gasteiger partial charge in [-0.15, -0.1) is 0 Å². The molecule has 2 bridgehead atoms. The van der Waals surface area contributed by atoms with Crippen molar-refractivity contribution in [2.45, 2.75) is 36.0 Å². The normalized spacial score (nSPS) is 34.5. The highest BCUT2D eigenvalue weighted by Crippen LogP contribution is 2.60. The van der Waals surface area contributed by atoms with Gasteiger partial charge in [0, 0.05) is 15.3 Å². The van der Waals surface area contributed by atoms with Gasteiger partial charge in [-0.05, 0) is 56.4 Å². The molecule has 3 amide bonds. The molecular weight excluding hydrogens is 492 g/mol. The second-order valence-corrected chi connectivity index (χ2v) is 9.79. The maximum atomic E-state index is 13.0. The minimum Gasteiger partial charge on any atom is -0.494 e. The van der Waals surface area contributed by atoms with Crippen LogP contribution in [-0.4, -0.2) is 44.9 Å². The van der Waals surface area contributed by atoms with E-state index in [0.29, 0.717) is 12.3 Å². The van der Waals surface area contributed by atoms with Gasteiger partial charge in [0.25, 0.3) is 0 Å². The van der Waals surface area contributed by atoms with Gasteiger partial charge < -0.3 is 10.1 Å². The highest BCUT2D eigenvalue weighted by molar-refractivity contribution is 9.12. The van der Waals surface area contributed by atoms with Crippen LogP contribution in [0.5, 0.6) is 5.75 Å². The number of rotatable bonds is 5. The largest absolute Gasteiger partial charge is 0.494 e. The van der Waals surface area contributed by atoms with Gasteiger partial charge in [0.05, 0.1) is 18.4 Å². The Morgan fingerprint density at radius 1 is 1.14 bits per heavy atom. The molecule has 0 unspecified atom stereocenters. The summed E-state index contributed by atoms with van der Waals surface area (Å²) in [5.41, 5.74) is 0.598. The molecule has 3 fully saturated rings. The molecule has 150 valence electrons. The Kier molecular flexibility index (Phi) is 5.29. The van der Waals surface area contributed by atoms with Crippen LogP contribution in [0.3, 0.4) is 0 Å². The molecule has 6 nitrogen and oxygen atoms in total. The number of nitrogens with zero attached hydrogens (tertiary/aromatic N) is 1. The number of fused-ring (bicyclic) bond motifs is 5. The molecule has 28 heavy (non-hydrogen) atoms. The van der Waals surface area contributed by atoms with E-state index in [4.69, 9.17) is 4.74 Å². The van der Waals surface area contributed by atoms with Crippen LogP contribution >= 0.6 is 31.9 Å². The fourth-order valence-corrected chi connectivity index (χ4v) is 6.79. The number of hydrogen-bond acceptors (Lipinski definition) is 4. The Hall–Kier alpha value is -1.41. The summed E-state index contributed by atoms with van der Waals surface area (Å²) in [4.78, 5) is 40.3. The van der Waals surface area contributed by atoms with E-state index in [-0.39, 0.29) is 51.0 Å². The summed E-state index contributed by atoms with van der Waals surface area (Å²) in [5.74, 6) is -0.405. The lowest BCUT2D eigenvalue weighted by atomic mass is 9.81. The standard InChI is InChI=1S/C20H22Br2N2O4/c1-3-28-11-6-4-10(5-7-11)23-18(25)9(2)24-19(26)14-12-8-13(15(14)20(24)27)17(22)16(12)21/h4-7,9,12-17H,3,8H2,1-2H3,(H,23,25)/t9-,12+,13+,14+,15+,16-,17-/m0/s1. The number of benzene rings is 1. The Balaban J connectivity index is 1.47. The smallest absolute Gasteiger partial charge is 0.247 e. The van der Waals surface area contributed by atoms with E-state index in [1.54, 1.807) is 31.2 Å². The molecule has 0 aromatic heterocycles. The van der Waals surface area contributed by atoms with Crippen LogP contribution in [0.15, 0.2) is 24.3 Å². The number of hydrogen-bond donors (Lipinski definition) is 1. The average molecular weight is 514 g/mol. The third kappa shape index (κ3) is 3.00. The molecule has 1 N–H and O–H groups in total. The van der Waals surface area contributed by atoms with Crippen LogP contribution in [-0.2, 0) is 14.4 Å². The first kappa shape index (κ1) is 19.9. The van der Waals surface area contributed by atoms with Gasteiger partial charge in [-0.25, -0.2) is 0 Å². The van der Waals surface area contributed by atoms with E-state index >= 15 is 0 Å². The predicted octanol–water partition coefficient (Wildman–Crippen LogP) is 3.19. The van der Waals surface area contributed by atoms with Crippen molar-refractivity contribution in [3.05, 3.63) is 24.3 Å². The Bertz CT molecular complexity index is 783. The quantitative estimate of drug-likeness (QED) is 0.484.